The van der Waals surface area contributed by atoms with Crippen molar-refractivity contribution < 1.29 is 24.2 Å². The quantitative estimate of drug-likeness (QED) is 0.589. The van der Waals surface area contributed by atoms with E-state index in [0.717, 1.165) is 0 Å². The monoisotopic (exact) mass is 281 g/mol. The van der Waals surface area contributed by atoms with Crippen LogP contribution in [0.3, 0.4) is 0 Å². The molecule has 0 spiro atoms. The highest BCUT2D eigenvalue weighted by molar-refractivity contribution is 5.96. The summed E-state index contributed by atoms with van der Waals surface area (Å²) in [5.74, 6) is -1.25. The van der Waals surface area contributed by atoms with Crippen molar-refractivity contribution in [2.75, 3.05) is 11.9 Å². The Morgan fingerprint density at radius 3 is 2.70 bits per heavy atom. The zero-order valence-electron chi connectivity index (χ0n) is 10.8. The molecule has 20 heavy (non-hydrogen) atoms. The maximum atomic E-state index is 11.7. The number of urea groups is 1. The van der Waals surface area contributed by atoms with E-state index in [1.54, 1.807) is 18.2 Å². The highest BCUT2D eigenvalue weighted by Crippen LogP contribution is 2.17. The van der Waals surface area contributed by atoms with Crippen molar-refractivity contribution in [1.29, 1.82) is 0 Å². The standard InChI is InChI=1S/C12H15N3O5/c1-7(14-12(13)19)11(18)15-8-3-2-4-9(5-8)20-6-10(16)17/h2-5,7H,6H2,1H3,(H,15,18)(H,16,17)(H3,13,14,19). The van der Waals surface area contributed by atoms with Gasteiger partial charge in [0, 0.05) is 11.8 Å². The van der Waals surface area contributed by atoms with Crippen molar-refractivity contribution in [2.24, 2.45) is 5.73 Å². The van der Waals surface area contributed by atoms with Crippen LogP contribution in [0.1, 0.15) is 6.92 Å². The Labute approximate surface area is 114 Å². The van der Waals surface area contributed by atoms with Crippen LogP contribution in [-0.2, 0) is 9.59 Å². The third-order valence-electron chi connectivity index (χ3n) is 2.22. The third kappa shape index (κ3) is 5.25. The van der Waals surface area contributed by atoms with Crippen LogP contribution in [0, 0.1) is 0 Å². The molecular weight excluding hydrogens is 266 g/mol. The van der Waals surface area contributed by atoms with E-state index in [9.17, 15) is 14.4 Å². The number of amides is 3. The van der Waals surface area contributed by atoms with Crippen molar-refractivity contribution in [3.8, 4) is 5.75 Å². The number of hydrogen-bond acceptors (Lipinski definition) is 4. The minimum absolute atomic E-state index is 0.306. The number of rotatable bonds is 6. The van der Waals surface area contributed by atoms with Gasteiger partial charge in [-0.2, -0.15) is 0 Å². The fourth-order valence-electron chi connectivity index (χ4n) is 1.34. The van der Waals surface area contributed by atoms with E-state index in [2.05, 4.69) is 10.6 Å². The lowest BCUT2D eigenvalue weighted by atomic mass is 10.2. The number of benzene rings is 1. The molecule has 0 aliphatic carbocycles. The number of carbonyl (C=O) groups is 3. The van der Waals surface area contributed by atoms with Crippen LogP contribution in [-0.4, -0.2) is 35.7 Å². The topological polar surface area (TPSA) is 131 Å². The van der Waals surface area contributed by atoms with Crippen LogP contribution < -0.4 is 21.1 Å². The molecule has 1 rings (SSSR count). The molecule has 1 unspecified atom stereocenters. The minimum atomic E-state index is -1.10. The number of aliphatic carboxylic acids is 1. The zero-order chi connectivity index (χ0) is 15.1. The summed E-state index contributed by atoms with van der Waals surface area (Å²) in [6.07, 6.45) is 0. The number of carboxylic acids is 1. The molecule has 0 saturated carbocycles. The second-order valence-corrected chi connectivity index (χ2v) is 3.93. The van der Waals surface area contributed by atoms with Gasteiger partial charge in [0.1, 0.15) is 11.8 Å². The molecule has 0 heterocycles. The van der Waals surface area contributed by atoms with Crippen molar-refractivity contribution >= 4 is 23.6 Å². The van der Waals surface area contributed by atoms with Crippen LogP contribution in [0.4, 0.5) is 10.5 Å². The molecule has 8 heteroatoms. The molecule has 0 fully saturated rings. The van der Waals surface area contributed by atoms with Crippen LogP contribution in [0.15, 0.2) is 24.3 Å². The van der Waals surface area contributed by atoms with E-state index >= 15 is 0 Å². The van der Waals surface area contributed by atoms with Gasteiger partial charge in [-0.15, -0.1) is 0 Å². The summed E-state index contributed by atoms with van der Waals surface area (Å²) in [5.41, 5.74) is 5.32. The van der Waals surface area contributed by atoms with Gasteiger partial charge in [0.2, 0.25) is 5.91 Å². The molecule has 5 N–H and O–H groups in total. The number of ether oxygens (including phenoxy) is 1. The summed E-state index contributed by atoms with van der Waals surface area (Å²) >= 11 is 0. The van der Waals surface area contributed by atoms with E-state index in [-0.39, 0.29) is 0 Å². The first kappa shape index (κ1) is 15.3. The number of hydrogen-bond donors (Lipinski definition) is 4. The first-order chi connectivity index (χ1) is 9.38. The predicted octanol–water partition coefficient (Wildman–Crippen LogP) is 0.145. The maximum absolute atomic E-state index is 11.7. The van der Waals surface area contributed by atoms with Crippen molar-refractivity contribution in [1.82, 2.24) is 5.32 Å². The largest absolute Gasteiger partial charge is 0.482 e. The number of nitrogens with two attached hydrogens (primary N) is 1. The highest BCUT2D eigenvalue weighted by Gasteiger charge is 2.14. The molecular formula is C12H15N3O5. The van der Waals surface area contributed by atoms with E-state index in [0.29, 0.717) is 11.4 Å². The number of nitrogens with one attached hydrogen (secondary N) is 2. The van der Waals surface area contributed by atoms with Crippen LogP contribution in [0.25, 0.3) is 0 Å². The van der Waals surface area contributed by atoms with E-state index in [4.69, 9.17) is 15.6 Å². The van der Waals surface area contributed by atoms with Gasteiger partial charge in [0.15, 0.2) is 6.61 Å². The number of carboxylic acid groups (broad SMARTS) is 1. The van der Waals surface area contributed by atoms with Crippen LogP contribution in [0.2, 0.25) is 0 Å². The number of primary amides is 1. The molecule has 0 saturated heterocycles. The van der Waals surface area contributed by atoms with Gasteiger partial charge in [0.05, 0.1) is 0 Å². The molecule has 1 aromatic carbocycles. The van der Waals surface area contributed by atoms with E-state index < -0.39 is 30.6 Å². The van der Waals surface area contributed by atoms with Gasteiger partial charge in [-0.25, -0.2) is 9.59 Å². The average molecular weight is 281 g/mol. The van der Waals surface area contributed by atoms with E-state index in [1.165, 1.54) is 13.0 Å². The molecule has 0 bridgehead atoms. The SMILES string of the molecule is CC(NC(N)=O)C(=O)Nc1cccc(OCC(=O)O)c1. The molecule has 0 aliphatic rings. The molecule has 8 nitrogen and oxygen atoms in total. The lowest BCUT2D eigenvalue weighted by molar-refractivity contribution is -0.139. The van der Waals surface area contributed by atoms with Gasteiger partial charge in [-0.3, -0.25) is 4.79 Å². The zero-order valence-corrected chi connectivity index (χ0v) is 10.8. The Kier molecular flexibility index (Phi) is 5.33. The maximum Gasteiger partial charge on any atom is 0.341 e. The van der Waals surface area contributed by atoms with Gasteiger partial charge in [-0.1, -0.05) is 6.07 Å². The molecule has 108 valence electrons. The molecule has 1 atom stereocenters. The minimum Gasteiger partial charge on any atom is -0.482 e. The smallest absolute Gasteiger partial charge is 0.341 e. The second-order valence-electron chi connectivity index (χ2n) is 3.93. The van der Waals surface area contributed by atoms with Gasteiger partial charge in [-0.05, 0) is 19.1 Å². The molecule has 3 amide bonds. The fourth-order valence-corrected chi connectivity index (χ4v) is 1.34. The first-order valence-electron chi connectivity index (χ1n) is 5.70. The van der Waals surface area contributed by atoms with Gasteiger partial charge in [0.25, 0.3) is 0 Å². The summed E-state index contributed by atoms with van der Waals surface area (Å²) in [4.78, 5) is 32.7. The summed E-state index contributed by atoms with van der Waals surface area (Å²) < 4.78 is 4.97. The Bertz CT molecular complexity index is 518. The predicted molar refractivity (Wildman–Crippen MR) is 70.4 cm³/mol. The Morgan fingerprint density at radius 1 is 1.40 bits per heavy atom. The number of carbonyl (C=O) groups excluding carboxylic acids is 2. The Balaban J connectivity index is 2.63. The summed E-state index contributed by atoms with van der Waals surface area (Å²) in [7, 11) is 0. The molecule has 1 aromatic rings. The Hall–Kier alpha value is -2.77. The third-order valence-corrected chi connectivity index (χ3v) is 2.22. The van der Waals surface area contributed by atoms with Gasteiger partial charge < -0.3 is 26.2 Å². The normalized spacial score (nSPS) is 11.2. The van der Waals surface area contributed by atoms with Crippen molar-refractivity contribution in [2.45, 2.75) is 13.0 Å². The molecule has 0 aromatic heterocycles. The second kappa shape index (κ2) is 6.98. The molecule has 0 aliphatic heterocycles. The van der Waals surface area contributed by atoms with Crippen molar-refractivity contribution in [3.05, 3.63) is 24.3 Å². The summed E-state index contributed by atoms with van der Waals surface area (Å²) in [6, 6.07) is 4.63. The Morgan fingerprint density at radius 2 is 2.10 bits per heavy atom. The summed E-state index contributed by atoms with van der Waals surface area (Å²) in [5, 5.41) is 13.3. The number of anilines is 1. The van der Waals surface area contributed by atoms with E-state index in [1.807, 2.05) is 0 Å². The van der Waals surface area contributed by atoms with Crippen molar-refractivity contribution in [3.63, 3.8) is 0 Å². The van der Waals surface area contributed by atoms with Crippen LogP contribution >= 0.6 is 0 Å². The van der Waals surface area contributed by atoms with Gasteiger partial charge >= 0.3 is 12.0 Å². The summed E-state index contributed by atoms with van der Waals surface area (Å²) in [6.45, 7) is 1.00. The first-order valence-corrected chi connectivity index (χ1v) is 5.70. The molecule has 0 radical (unpaired) electrons. The fraction of sp³-hybridized carbons (Fsp3) is 0.250. The lowest BCUT2D eigenvalue weighted by Crippen LogP contribution is -2.44. The van der Waals surface area contributed by atoms with Crippen LogP contribution in [0.5, 0.6) is 5.75 Å². The highest BCUT2D eigenvalue weighted by atomic mass is 16.5. The lowest BCUT2D eigenvalue weighted by Gasteiger charge is -2.13. The average Bonchev–Trinajstić information content (AvgIpc) is 2.36.